The highest BCUT2D eigenvalue weighted by Crippen LogP contribution is 2.28. The third kappa shape index (κ3) is 5.04. The summed E-state index contributed by atoms with van der Waals surface area (Å²) in [6.45, 7) is 0.183. The molecule has 0 fully saturated rings. The van der Waals surface area contributed by atoms with Gasteiger partial charge in [-0.3, -0.25) is 0 Å². The van der Waals surface area contributed by atoms with Crippen molar-refractivity contribution in [3.05, 3.63) is 64.0 Å². The quantitative estimate of drug-likeness (QED) is 0.507. The first-order valence-corrected chi connectivity index (χ1v) is 9.04. The molecule has 0 bridgehead atoms. The van der Waals surface area contributed by atoms with E-state index in [9.17, 15) is 0 Å². The van der Waals surface area contributed by atoms with Gasteiger partial charge in [0.2, 0.25) is 0 Å². The molecule has 0 radical (unpaired) electrons. The van der Waals surface area contributed by atoms with Gasteiger partial charge >= 0.3 is 0 Å². The highest BCUT2D eigenvalue weighted by Gasteiger charge is 2.10. The first kappa shape index (κ1) is 17.9. The van der Waals surface area contributed by atoms with Crippen molar-refractivity contribution in [1.29, 1.82) is 0 Å². The molecule has 3 rings (SSSR count). The van der Waals surface area contributed by atoms with E-state index in [1.54, 1.807) is 25.3 Å². The molecule has 0 amide bonds. The highest BCUT2D eigenvalue weighted by molar-refractivity contribution is 7.98. The lowest BCUT2D eigenvalue weighted by Crippen LogP contribution is -1.96. The van der Waals surface area contributed by atoms with Gasteiger partial charge in [0.15, 0.2) is 6.61 Å². The zero-order chi connectivity index (χ0) is 17.6. The number of nitrogens with zero attached hydrogens (tertiary/aromatic N) is 2. The fourth-order valence-electron chi connectivity index (χ4n) is 1.97. The lowest BCUT2D eigenvalue weighted by atomic mass is 10.2. The molecule has 0 aliphatic rings. The van der Waals surface area contributed by atoms with E-state index in [1.807, 2.05) is 24.3 Å². The van der Waals surface area contributed by atoms with Crippen LogP contribution in [-0.2, 0) is 12.4 Å². The Bertz CT molecular complexity index is 857. The minimum Gasteiger partial charge on any atom is -0.497 e. The summed E-state index contributed by atoms with van der Waals surface area (Å²) in [7, 11) is 1.60. The molecule has 5 nitrogen and oxygen atoms in total. The summed E-state index contributed by atoms with van der Waals surface area (Å²) in [6, 6.07) is 12.7. The summed E-state index contributed by atoms with van der Waals surface area (Å²) in [5.41, 5.74) is 0.948. The molecule has 3 aromatic rings. The third-order valence-corrected chi connectivity index (χ3v) is 4.67. The predicted octanol–water partition coefficient (Wildman–Crippen LogP) is 5.26. The Morgan fingerprint density at radius 2 is 1.92 bits per heavy atom. The fraction of sp³-hybridized carbons (Fsp3) is 0.176. The van der Waals surface area contributed by atoms with Crippen LogP contribution in [0.3, 0.4) is 0 Å². The molecule has 0 atom stereocenters. The predicted molar refractivity (Wildman–Crippen MR) is 97.6 cm³/mol. The Morgan fingerprint density at radius 3 is 2.72 bits per heavy atom. The molecule has 0 aliphatic carbocycles. The summed E-state index contributed by atoms with van der Waals surface area (Å²) >= 11 is 13.4. The minimum atomic E-state index is 0.183. The lowest BCUT2D eigenvalue weighted by Gasteiger charge is -2.05. The standard InChI is InChI=1S/C17H14Cl2N2O3S/c1-22-13-3-2-4-14(8-13)23-9-16-20-21-17(24-16)25-10-11-5-6-12(18)7-15(11)19/h2-8H,9-10H2,1H3. The van der Waals surface area contributed by atoms with Crippen LogP contribution in [0.4, 0.5) is 0 Å². The van der Waals surface area contributed by atoms with Crippen LogP contribution in [-0.4, -0.2) is 17.3 Å². The molecular formula is C17H14Cl2N2O3S. The van der Waals surface area contributed by atoms with Gasteiger partial charge in [0.05, 0.1) is 7.11 Å². The van der Waals surface area contributed by atoms with E-state index in [4.69, 9.17) is 37.1 Å². The molecule has 0 saturated heterocycles. The Balaban J connectivity index is 1.55. The van der Waals surface area contributed by atoms with E-state index in [1.165, 1.54) is 11.8 Å². The van der Waals surface area contributed by atoms with Crippen LogP contribution in [0.5, 0.6) is 11.5 Å². The maximum Gasteiger partial charge on any atom is 0.277 e. The van der Waals surface area contributed by atoms with Crippen molar-refractivity contribution in [1.82, 2.24) is 10.2 Å². The average Bonchev–Trinajstić information content (AvgIpc) is 3.07. The maximum atomic E-state index is 6.15. The van der Waals surface area contributed by atoms with Crippen LogP contribution < -0.4 is 9.47 Å². The number of rotatable bonds is 7. The van der Waals surface area contributed by atoms with Crippen molar-refractivity contribution in [3.8, 4) is 11.5 Å². The van der Waals surface area contributed by atoms with Gasteiger partial charge in [0.1, 0.15) is 11.5 Å². The molecule has 2 aromatic carbocycles. The van der Waals surface area contributed by atoms with Crippen LogP contribution in [0, 0.1) is 0 Å². The van der Waals surface area contributed by atoms with Crippen LogP contribution in [0.2, 0.25) is 10.0 Å². The first-order valence-electron chi connectivity index (χ1n) is 7.30. The topological polar surface area (TPSA) is 57.4 Å². The number of hydrogen-bond acceptors (Lipinski definition) is 6. The van der Waals surface area contributed by atoms with Crippen molar-refractivity contribution in [2.45, 2.75) is 17.6 Å². The summed E-state index contributed by atoms with van der Waals surface area (Å²) < 4.78 is 16.3. The van der Waals surface area contributed by atoms with Crippen molar-refractivity contribution in [3.63, 3.8) is 0 Å². The van der Waals surface area contributed by atoms with Gasteiger partial charge < -0.3 is 13.9 Å². The van der Waals surface area contributed by atoms with Gasteiger partial charge in [-0.2, -0.15) is 0 Å². The Morgan fingerprint density at radius 1 is 1.08 bits per heavy atom. The van der Waals surface area contributed by atoms with Gasteiger partial charge in [-0.15, -0.1) is 10.2 Å². The number of aromatic nitrogens is 2. The van der Waals surface area contributed by atoms with Crippen molar-refractivity contribution in [2.75, 3.05) is 7.11 Å². The number of hydrogen-bond donors (Lipinski definition) is 0. The van der Waals surface area contributed by atoms with Crippen LogP contribution in [0.1, 0.15) is 11.5 Å². The van der Waals surface area contributed by atoms with Crippen LogP contribution >= 0.6 is 35.0 Å². The van der Waals surface area contributed by atoms with E-state index in [0.29, 0.717) is 32.7 Å². The molecule has 0 aliphatic heterocycles. The summed E-state index contributed by atoms with van der Waals surface area (Å²) in [5.74, 6) is 2.39. The normalized spacial score (nSPS) is 10.7. The van der Waals surface area contributed by atoms with Crippen molar-refractivity contribution in [2.24, 2.45) is 0 Å². The summed E-state index contributed by atoms with van der Waals surface area (Å²) in [4.78, 5) is 0. The SMILES string of the molecule is COc1cccc(OCc2nnc(SCc3ccc(Cl)cc3Cl)o2)c1. The molecule has 25 heavy (non-hydrogen) atoms. The Kier molecular flexibility index (Phi) is 6.07. The van der Waals surface area contributed by atoms with Gasteiger partial charge in [-0.25, -0.2) is 0 Å². The molecule has 1 heterocycles. The molecule has 8 heteroatoms. The van der Waals surface area contributed by atoms with E-state index in [-0.39, 0.29) is 6.61 Å². The van der Waals surface area contributed by atoms with Gasteiger partial charge in [0.25, 0.3) is 11.1 Å². The van der Waals surface area contributed by atoms with E-state index < -0.39 is 0 Å². The molecule has 0 spiro atoms. The van der Waals surface area contributed by atoms with E-state index >= 15 is 0 Å². The Labute approximate surface area is 159 Å². The lowest BCUT2D eigenvalue weighted by molar-refractivity contribution is 0.251. The van der Waals surface area contributed by atoms with Crippen LogP contribution in [0.15, 0.2) is 52.1 Å². The molecule has 1 aromatic heterocycles. The average molecular weight is 397 g/mol. The number of thioether (sulfide) groups is 1. The summed E-state index contributed by atoms with van der Waals surface area (Å²) in [6.07, 6.45) is 0. The van der Waals surface area contributed by atoms with Gasteiger partial charge in [0, 0.05) is 21.9 Å². The van der Waals surface area contributed by atoms with E-state index in [0.717, 1.165) is 11.3 Å². The third-order valence-electron chi connectivity index (χ3n) is 3.22. The van der Waals surface area contributed by atoms with Gasteiger partial charge in [-0.05, 0) is 29.8 Å². The highest BCUT2D eigenvalue weighted by atomic mass is 35.5. The number of halogens is 2. The zero-order valence-electron chi connectivity index (χ0n) is 13.2. The zero-order valence-corrected chi connectivity index (χ0v) is 15.6. The Hall–Kier alpha value is -1.89. The number of methoxy groups -OCH3 is 1. The van der Waals surface area contributed by atoms with E-state index in [2.05, 4.69) is 10.2 Å². The number of benzene rings is 2. The maximum absolute atomic E-state index is 6.15. The molecule has 0 unspecified atom stereocenters. The molecule has 130 valence electrons. The molecule has 0 saturated carbocycles. The first-order chi connectivity index (χ1) is 12.1. The smallest absolute Gasteiger partial charge is 0.277 e. The van der Waals surface area contributed by atoms with Crippen molar-refractivity contribution < 1.29 is 13.9 Å². The van der Waals surface area contributed by atoms with Crippen molar-refractivity contribution >= 4 is 35.0 Å². The largest absolute Gasteiger partial charge is 0.497 e. The second-order valence-electron chi connectivity index (χ2n) is 4.95. The molecule has 0 N–H and O–H groups in total. The molecular weight excluding hydrogens is 383 g/mol. The minimum absolute atomic E-state index is 0.183. The number of ether oxygens (including phenoxy) is 2. The summed E-state index contributed by atoms with van der Waals surface area (Å²) in [5, 5.41) is 9.64. The fourth-order valence-corrected chi connectivity index (χ4v) is 3.31. The van der Waals surface area contributed by atoms with Crippen LogP contribution in [0.25, 0.3) is 0 Å². The monoisotopic (exact) mass is 396 g/mol. The second-order valence-corrected chi connectivity index (χ2v) is 6.72. The van der Waals surface area contributed by atoms with Gasteiger partial charge in [-0.1, -0.05) is 47.1 Å². The second kappa shape index (κ2) is 8.47.